The average molecular weight is 497 g/mol. The number of carbonyl (C=O) groups is 1. The summed E-state index contributed by atoms with van der Waals surface area (Å²) in [6.07, 6.45) is 6.94. The Labute approximate surface area is 218 Å². The molecule has 0 aliphatic rings. The van der Waals surface area contributed by atoms with Gasteiger partial charge in [0.15, 0.2) is 5.43 Å². The van der Waals surface area contributed by atoms with Crippen LogP contribution in [0.4, 0.5) is 0 Å². The molecule has 5 heteroatoms. The summed E-state index contributed by atoms with van der Waals surface area (Å²) in [6.45, 7) is 6.91. The van der Waals surface area contributed by atoms with Crippen molar-refractivity contribution < 1.29 is 9.90 Å². The van der Waals surface area contributed by atoms with Gasteiger partial charge in [0, 0.05) is 24.1 Å². The molecule has 0 amide bonds. The number of aryl methyl sites for hydroxylation is 3. The molecular weight excluding hydrogens is 460 g/mol. The predicted octanol–water partition coefficient (Wildman–Crippen LogP) is 7.06. The van der Waals surface area contributed by atoms with Gasteiger partial charge in [0.05, 0.1) is 16.6 Å². The van der Waals surface area contributed by atoms with Crippen LogP contribution in [0.5, 0.6) is 0 Å². The van der Waals surface area contributed by atoms with Gasteiger partial charge in [-0.3, -0.25) is 4.79 Å². The van der Waals surface area contributed by atoms with Crippen LogP contribution in [0.3, 0.4) is 0 Å². The largest absolute Gasteiger partial charge is 0.478 e. The Morgan fingerprint density at radius 3 is 2.27 bits per heavy atom. The van der Waals surface area contributed by atoms with E-state index in [1.54, 1.807) is 12.1 Å². The minimum atomic E-state index is -0.930. The van der Waals surface area contributed by atoms with Crippen LogP contribution < -0.4 is 5.43 Å². The van der Waals surface area contributed by atoms with Crippen LogP contribution in [-0.4, -0.2) is 20.6 Å². The van der Waals surface area contributed by atoms with Gasteiger partial charge in [0.2, 0.25) is 0 Å². The van der Waals surface area contributed by atoms with Crippen molar-refractivity contribution in [3.63, 3.8) is 0 Å². The lowest BCUT2D eigenvalue weighted by Crippen LogP contribution is -2.10. The van der Waals surface area contributed by atoms with Gasteiger partial charge in [-0.15, -0.1) is 0 Å². The van der Waals surface area contributed by atoms with Gasteiger partial charge in [-0.05, 0) is 54.2 Å². The maximum atomic E-state index is 13.0. The molecule has 4 rings (SSSR count). The van der Waals surface area contributed by atoms with Gasteiger partial charge in [-0.25, -0.2) is 9.78 Å². The van der Waals surface area contributed by atoms with Crippen molar-refractivity contribution in [3.8, 4) is 11.1 Å². The van der Waals surface area contributed by atoms with Crippen LogP contribution in [0.25, 0.3) is 22.2 Å². The van der Waals surface area contributed by atoms with E-state index in [9.17, 15) is 14.7 Å². The highest BCUT2D eigenvalue weighted by atomic mass is 16.4. The Balaban J connectivity index is 1.75. The quantitative estimate of drug-likeness (QED) is 0.226. The van der Waals surface area contributed by atoms with E-state index in [-0.39, 0.29) is 5.43 Å². The molecule has 0 radical (unpaired) electrons. The molecule has 4 aromatic rings. The molecule has 1 aromatic heterocycles. The summed E-state index contributed by atoms with van der Waals surface area (Å²) in [6, 6.07) is 19.2. The van der Waals surface area contributed by atoms with E-state index in [2.05, 4.69) is 23.6 Å². The molecule has 0 bridgehead atoms. The van der Waals surface area contributed by atoms with Crippen LogP contribution in [0, 0.1) is 0 Å². The fraction of sp³-hybridized carbons (Fsp3) is 0.344. The minimum absolute atomic E-state index is 0.125. The number of hydrogen-bond donors (Lipinski definition) is 1. The third-order valence-corrected chi connectivity index (χ3v) is 7.10. The molecule has 0 aliphatic heterocycles. The fourth-order valence-electron chi connectivity index (χ4n) is 4.96. The first-order valence-corrected chi connectivity index (χ1v) is 13.4. The van der Waals surface area contributed by atoms with Crippen LogP contribution in [0.15, 0.2) is 65.5 Å². The van der Waals surface area contributed by atoms with E-state index in [1.807, 2.05) is 50.2 Å². The SMILES string of the molecule is CCCCCCc1nc2cc(CC)c(=O)c(CC)cc2n1Cc1ccc(-c2ccccc2C(=O)O)cc1. The molecule has 0 atom stereocenters. The maximum Gasteiger partial charge on any atom is 0.336 e. The second-order valence-corrected chi connectivity index (χ2v) is 9.62. The molecule has 3 aromatic carbocycles. The Bertz CT molecular complexity index is 1450. The number of benzene rings is 2. The van der Waals surface area contributed by atoms with Gasteiger partial charge in [-0.1, -0.05) is 82.5 Å². The molecular formula is C32H36N2O3. The van der Waals surface area contributed by atoms with E-state index in [0.29, 0.717) is 30.5 Å². The number of aromatic nitrogens is 2. The number of unbranched alkanes of at least 4 members (excludes halogenated alkanes) is 3. The highest BCUT2D eigenvalue weighted by Crippen LogP contribution is 2.26. The Morgan fingerprint density at radius 1 is 0.892 bits per heavy atom. The van der Waals surface area contributed by atoms with Crippen molar-refractivity contribution in [2.75, 3.05) is 0 Å². The zero-order valence-electron chi connectivity index (χ0n) is 22.1. The molecule has 0 fully saturated rings. The summed E-state index contributed by atoms with van der Waals surface area (Å²) in [7, 11) is 0. The number of fused-ring (bicyclic) bond motifs is 1. The summed E-state index contributed by atoms with van der Waals surface area (Å²) < 4.78 is 2.26. The average Bonchev–Trinajstić information content (AvgIpc) is 3.15. The Morgan fingerprint density at radius 2 is 1.59 bits per heavy atom. The van der Waals surface area contributed by atoms with E-state index in [0.717, 1.165) is 52.0 Å². The Kier molecular flexibility index (Phi) is 8.54. The fourth-order valence-corrected chi connectivity index (χ4v) is 4.96. The minimum Gasteiger partial charge on any atom is -0.478 e. The third-order valence-electron chi connectivity index (χ3n) is 7.10. The summed E-state index contributed by atoms with van der Waals surface area (Å²) in [5, 5.41) is 9.58. The van der Waals surface area contributed by atoms with Crippen LogP contribution in [0.2, 0.25) is 0 Å². The number of nitrogens with zero attached hydrogens (tertiary/aromatic N) is 2. The normalized spacial score (nSPS) is 11.2. The van der Waals surface area contributed by atoms with Gasteiger partial charge >= 0.3 is 5.97 Å². The first-order chi connectivity index (χ1) is 18.0. The molecule has 0 aliphatic carbocycles. The van der Waals surface area contributed by atoms with E-state index < -0.39 is 5.97 Å². The smallest absolute Gasteiger partial charge is 0.336 e. The summed E-state index contributed by atoms with van der Waals surface area (Å²) in [4.78, 5) is 29.7. The topological polar surface area (TPSA) is 72.2 Å². The number of carboxylic acids is 1. The zero-order valence-corrected chi connectivity index (χ0v) is 22.1. The lowest BCUT2D eigenvalue weighted by Gasteiger charge is -2.11. The van der Waals surface area contributed by atoms with Gasteiger partial charge < -0.3 is 9.67 Å². The van der Waals surface area contributed by atoms with Crippen molar-refractivity contribution in [2.45, 2.75) is 72.3 Å². The van der Waals surface area contributed by atoms with Crippen LogP contribution >= 0.6 is 0 Å². The molecule has 1 N–H and O–H groups in total. The first-order valence-electron chi connectivity index (χ1n) is 13.4. The van der Waals surface area contributed by atoms with Crippen molar-refractivity contribution in [3.05, 3.63) is 99.0 Å². The second-order valence-electron chi connectivity index (χ2n) is 9.62. The summed E-state index contributed by atoms with van der Waals surface area (Å²) in [5.74, 6) is 0.121. The number of rotatable bonds is 11. The molecule has 37 heavy (non-hydrogen) atoms. The monoisotopic (exact) mass is 496 g/mol. The lowest BCUT2D eigenvalue weighted by atomic mass is 9.99. The molecule has 0 unspecified atom stereocenters. The molecule has 0 saturated carbocycles. The number of carboxylic acid groups (broad SMARTS) is 1. The highest BCUT2D eigenvalue weighted by molar-refractivity contribution is 5.96. The third kappa shape index (κ3) is 5.82. The highest BCUT2D eigenvalue weighted by Gasteiger charge is 2.15. The van der Waals surface area contributed by atoms with E-state index in [1.165, 1.54) is 19.3 Å². The van der Waals surface area contributed by atoms with Crippen molar-refractivity contribution in [1.29, 1.82) is 0 Å². The number of imidazole rings is 1. The summed E-state index contributed by atoms with van der Waals surface area (Å²) in [5.41, 5.74) is 6.63. The summed E-state index contributed by atoms with van der Waals surface area (Å²) >= 11 is 0. The molecule has 5 nitrogen and oxygen atoms in total. The molecule has 0 spiro atoms. The predicted molar refractivity (Wildman–Crippen MR) is 151 cm³/mol. The number of hydrogen-bond acceptors (Lipinski definition) is 3. The lowest BCUT2D eigenvalue weighted by molar-refractivity contribution is 0.0697. The molecule has 1 heterocycles. The van der Waals surface area contributed by atoms with Gasteiger partial charge in [-0.2, -0.15) is 0 Å². The second kappa shape index (κ2) is 12.0. The zero-order chi connectivity index (χ0) is 26.4. The first kappa shape index (κ1) is 26.3. The number of aromatic carboxylic acids is 1. The van der Waals surface area contributed by atoms with E-state index in [4.69, 9.17) is 4.98 Å². The maximum absolute atomic E-state index is 13.0. The standard InChI is InChI=1S/C32H36N2O3/c1-4-7-8-9-14-30-33-28-19-23(5-2)31(35)24(6-3)20-29(28)34(30)21-22-15-17-25(18-16-22)26-12-10-11-13-27(26)32(36)37/h10-13,15-20H,4-9,14,21H2,1-3H3,(H,36,37). The van der Waals surface area contributed by atoms with E-state index >= 15 is 0 Å². The van der Waals surface area contributed by atoms with Crippen LogP contribution in [-0.2, 0) is 25.8 Å². The van der Waals surface area contributed by atoms with Crippen molar-refractivity contribution >= 4 is 17.0 Å². The Hall–Kier alpha value is -3.73. The molecule has 0 saturated heterocycles. The van der Waals surface area contributed by atoms with Crippen molar-refractivity contribution in [1.82, 2.24) is 9.55 Å². The van der Waals surface area contributed by atoms with Crippen LogP contribution in [0.1, 0.15) is 79.3 Å². The van der Waals surface area contributed by atoms with Gasteiger partial charge in [0.1, 0.15) is 5.82 Å². The van der Waals surface area contributed by atoms with Crippen molar-refractivity contribution in [2.24, 2.45) is 0 Å². The molecule has 192 valence electrons. The van der Waals surface area contributed by atoms with Gasteiger partial charge in [0.25, 0.3) is 0 Å².